The maximum atomic E-state index is 13.3. The third-order valence-corrected chi connectivity index (χ3v) is 7.68. The summed E-state index contributed by atoms with van der Waals surface area (Å²) < 4.78 is 21.9. The van der Waals surface area contributed by atoms with E-state index in [4.69, 9.17) is 18.9 Å². The van der Waals surface area contributed by atoms with Gasteiger partial charge in [-0.3, -0.25) is 0 Å². The molecular weight excluding hydrogens is 560 g/mol. The molecule has 0 aromatic heterocycles. The summed E-state index contributed by atoms with van der Waals surface area (Å²) >= 11 is 0. The second-order valence-corrected chi connectivity index (χ2v) is 10.6. The van der Waals surface area contributed by atoms with Crippen LogP contribution in [0.4, 0.5) is 0 Å². The van der Waals surface area contributed by atoms with Gasteiger partial charge in [0.1, 0.15) is 49.3 Å². The Morgan fingerprint density at radius 2 is 1.52 bits per heavy atom. The first-order valence-corrected chi connectivity index (χ1v) is 14.1. The number of carbonyl (C=O) groups excluding carboxylic acids is 1. The number of ether oxygens (including phenoxy) is 4. The van der Waals surface area contributed by atoms with Crippen LogP contribution in [0.1, 0.15) is 71.4 Å². The number of rotatable bonds is 14. The Balaban J connectivity index is 1.94. The Morgan fingerprint density at radius 1 is 0.881 bits per heavy atom. The molecule has 1 aromatic carbocycles. The first-order valence-electron chi connectivity index (χ1n) is 14.1. The summed E-state index contributed by atoms with van der Waals surface area (Å²) in [7, 11) is 0. The molecule has 238 valence electrons. The van der Waals surface area contributed by atoms with E-state index in [0.29, 0.717) is 24.8 Å². The van der Waals surface area contributed by atoms with Gasteiger partial charge in [-0.2, -0.15) is 0 Å². The minimum atomic E-state index is -2.48. The van der Waals surface area contributed by atoms with E-state index in [1.54, 1.807) is 6.07 Å². The molecule has 0 spiro atoms. The number of unbranched alkanes of at least 4 members (excludes halogenated alkanes) is 2. The molecule has 14 heteroatoms. The summed E-state index contributed by atoms with van der Waals surface area (Å²) in [5.74, 6) is -4.92. The molecular formula is C28H42O14. The lowest BCUT2D eigenvalue weighted by Gasteiger charge is -2.43. The van der Waals surface area contributed by atoms with Gasteiger partial charge in [0.15, 0.2) is 6.29 Å². The highest BCUT2D eigenvalue weighted by atomic mass is 16.8. The largest absolute Gasteiger partial charge is 0.478 e. The van der Waals surface area contributed by atoms with Crippen LogP contribution in [0.3, 0.4) is 0 Å². The molecule has 3 rings (SSSR count). The van der Waals surface area contributed by atoms with E-state index in [-0.39, 0.29) is 11.1 Å². The van der Waals surface area contributed by atoms with E-state index in [1.165, 1.54) is 6.07 Å². The van der Waals surface area contributed by atoms with Crippen LogP contribution in [-0.4, -0.2) is 127 Å². The summed E-state index contributed by atoms with van der Waals surface area (Å²) in [6.07, 6.45) is -9.72. The molecule has 0 saturated carbocycles. The fraction of sp³-hybridized carbons (Fsp3) is 0.714. The molecule has 14 nitrogen and oxygen atoms in total. The van der Waals surface area contributed by atoms with Crippen LogP contribution in [0.15, 0.2) is 12.1 Å². The van der Waals surface area contributed by atoms with Gasteiger partial charge in [-0.05, 0) is 42.9 Å². The Morgan fingerprint density at radius 3 is 2.10 bits per heavy atom. The first kappa shape index (κ1) is 34.3. The third-order valence-electron chi connectivity index (χ3n) is 7.68. The number of carboxylic acid groups (broad SMARTS) is 1. The molecule has 2 aliphatic rings. The number of aliphatic hydroxyl groups is 7. The van der Waals surface area contributed by atoms with Crippen molar-refractivity contribution in [2.24, 2.45) is 0 Å². The summed E-state index contributed by atoms with van der Waals surface area (Å²) in [5.41, 5.74) is 0.855. The van der Waals surface area contributed by atoms with Crippen LogP contribution in [-0.2, 0) is 31.8 Å². The molecule has 0 amide bonds. The molecule has 0 aliphatic carbocycles. The molecule has 0 radical (unpaired) electrons. The number of esters is 1. The number of benzene rings is 1. The quantitative estimate of drug-likeness (QED) is 0.118. The number of aryl methyl sites for hydroxylation is 1. The predicted molar refractivity (Wildman–Crippen MR) is 142 cm³/mol. The highest BCUT2D eigenvalue weighted by Crippen LogP contribution is 2.37. The smallest absolute Gasteiger partial charge is 0.339 e. The zero-order valence-electron chi connectivity index (χ0n) is 23.7. The second kappa shape index (κ2) is 15.0. The van der Waals surface area contributed by atoms with Crippen molar-refractivity contribution in [1.29, 1.82) is 0 Å². The van der Waals surface area contributed by atoms with Crippen LogP contribution in [0.2, 0.25) is 0 Å². The minimum Gasteiger partial charge on any atom is -0.478 e. The molecule has 2 heterocycles. The van der Waals surface area contributed by atoms with Crippen molar-refractivity contribution in [3.8, 4) is 0 Å². The van der Waals surface area contributed by atoms with Crippen LogP contribution >= 0.6 is 0 Å². The maximum absolute atomic E-state index is 13.3. The van der Waals surface area contributed by atoms with E-state index >= 15 is 0 Å². The van der Waals surface area contributed by atoms with Gasteiger partial charge >= 0.3 is 11.9 Å². The van der Waals surface area contributed by atoms with Crippen molar-refractivity contribution in [2.75, 3.05) is 19.8 Å². The lowest BCUT2D eigenvalue weighted by Crippen LogP contribution is -2.62. The second-order valence-electron chi connectivity index (χ2n) is 10.6. The number of carboxylic acids is 1. The fourth-order valence-corrected chi connectivity index (χ4v) is 5.21. The van der Waals surface area contributed by atoms with Crippen LogP contribution in [0, 0.1) is 0 Å². The van der Waals surface area contributed by atoms with Crippen molar-refractivity contribution >= 4 is 11.9 Å². The van der Waals surface area contributed by atoms with E-state index in [0.717, 1.165) is 24.8 Å². The van der Waals surface area contributed by atoms with Crippen molar-refractivity contribution in [1.82, 2.24) is 0 Å². The molecule has 2 saturated heterocycles. The number of aliphatic hydroxyl groups excluding tert-OH is 7. The first-order chi connectivity index (χ1) is 20.0. The molecule has 42 heavy (non-hydrogen) atoms. The molecule has 2 fully saturated rings. The molecule has 0 bridgehead atoms. The van der Waals surface area contributed by atoms with E-state index in [9.17, 15) is 50.4 Å². The van der Waals surface area contributed by atoms with Crippen molar-refractivity contribution in [3.05, 3.63) is 34.4 Å². The van der Waals surface area contributed by atoms with Crippen LogP contribution < -0.4 is 0 Å². The molecule has 8 N–H and O–H groups in total. The lowest BCUT2D eigenvalue weighted by molar-refractivity contribution is -0.383. The van der Waals surface area contributed by atoms with Gasteiger partial charge < -0.3 is 59.8 Å². The zero-order chi connectivity index (χ0) is 31.2. The molecule has 9 atom stereocenters. The number of hydrogen-bond acceptors (Lipinski definition) is 13. The summed E-state index contributed by atoms with van der Waals surface area (Å²) in [6, 6.07) is 3.02. The minimum absolute atomic E-state index is 0.216. The van der Waals surface area contributed by atoms with E-state index in [2.05, 4.69) is 0 Å². The molecule has 1 aromatic rings. The van der Waals surface area contributed by atoms with Gasteiger partial charge in [0, 0.05) is 0 Å². The maximum Gasteiger partial charge on any atom is 0.339 e. The highest BCUT2D eigenvalue weighted by Gasteiger charge is 2.59. The van der Waals surface area contributed by atoms with Crippen molar-refractivity contribution < 1.29 is 69.4 Å². The van der Waals surface area contributed by atoms with Crippen molar-refractivity contribution in [3.63, 3.8) is 0 Å². The summed E-state index contributed by atoms with van der Waals surface area (Å²) in [5, 5.41) is 81.2. The average Bonchev–Trinajstić information content (AvgIpc) is 3.22. The lowest BCUT2D eigenvalue weighted by atomic mass is 9.90. The van der Waals surface area contributed by atoms with E-state index in [1.807, 2.05) is 13.8 Å². The Bertz CT molecular complexity index is 1060. The SMILES string of the molecule is CCCCc1ccc(C(=O)OC[C@@]2(O[C@H]3O[C@H](CO)[C@@H](O)[C@H](O)[C@H]3O)O[C@H](CO)[C@@H](O)[C@@H]2O)c(C(=O)O)c1CCCC. The van der Waals surface area contributed by atoms with Crippen LogP contribution in [0.5, 0.6) is 0 Å². The number of hydrogen-bond donors (Lipinski definition) is 8. The van der Waals surface area contributed by atoms with Gasteiger partial charge in [-0.25, -0.2) is 9.59 Å². The Labute approximate surface area is 243 Å². The monoisotopic (exact) mass is 602 g/mol. The topological polar surface area (TPSA) is 233 Å². The molecule has 2 aliphatic heterocycles. The molecule has 0 unspecified atom stereocenters. The predicted octanol–water partition coefficient (Wildman–Crippen LogP) is -1.15. The van der Waals surface area contributed by atoms with Gasteiger partial charge in [0.05, 0.1) is 24.3 Å². The fourth-order valence-electron chi connectivity index (χ4n) is 5.21. The number of carbonyl (C=O) groups is 2. The number of aromatic carboxylic acids is 1. The van der Waals surface area contributed by atoms with Gasteiger partial charge in [0.2, 0.25) is 5.79 Å². The summed E-state index contributed by atoms with van der Waals surface area (Å²) in [4.78, 5) is 25.7. The summed E-state index contributed by atoms with van der Waals surface area (Å²) in [6.45, 7) is 1.41. The van der Waals surface area contributed by atoms with Gasteiger partial charge in [-0.1, -0.05) is 32.8 Å². The van der Waals surface area contributed by atoms with E-state index < -0.39 is 86.6 Å². The van der Waals surface area contributed by atoms with Gasteiger partial charge in [0.25, 0.3) is 0 Å². The normalized spacial score (nSPS) is 33.1. The zero-order valence-corrected chi connectivity index (χ0v) is 23.7. The Hall–Kier alpha value is -2.24. The average molecular weight is 603 g/mol. The van der Waals surface area contributed by atoms with Crippen molar-refractivity contribution in [2.45, 2.75) is 107 Å². The highest BCUT2D eigenvalue weighted by molar-refractivity contribution is 6.03. The van der Waals surface area contributed by atoms with Crippen LogP contribution in [0.25, 0.3) is 0 Å². The Kier molecular flexibility index (Phi) is 12.2. The van der Waals surface area contributed by atoms with Gasteiger partial charge in [-0.15, -0.1) is 0 Å². The standard InChI is InChI=1S/C28H42O14/c1-3-5-7-14-9-10-16(19(25(36)37)15(14)8-6-4-2)26(38)39-13-28(24(35)21(32)18(12-30)41-28)42-27-23(34)22(33)20(31)17(11-29)40-27/h9-10,17-18,20-24,27,29-35H,3-8,11-13H2,1-2H3,(H,36,37)/t17-,18-,20-,21-,22+,23-,24+,27-,28+/m1/s1. The third kappa shape index (κ3) is 7.10.